The van der Waals surface area contributed by atoms with Crippen LogP contribution in [0.3, 0.4) is 0 Å². The first-order valence-electron chi connectivity index (χ1n) is 0. The van der Waals surface area contributed by atoms with Crippen LogP contribution < -0.4 is 0 Å². The first-order valence-corrected chi connectivity index (χ1v) is 0. The molecule has 0 heterocycles. The molecule has 0 unspecified atom stereocenters. The molecule has 0 aliphatic rings. The summed E-state index contributed by atoms with van der Waals surface area (Å²) in [7, 11) is 0. The Morgan fingerprint density at radius 1 is 0.167 bits per heavy atom. The first kappa shape index (κ1) is 664. The van der Waals surface area contributed by atoms with Crippen LogP contribution in [0.5, 0.6) is 0 Å². The van der Waals surface area contributed by atoms with E-state index < -0.39 is 0 Å². The Morgan fingerprint density at radius 2 is 0.167 bits per heavy atom. The van der Waals surface area contributed by atoms with E-state index in [2.05, 4.69) is 0 Å². The monoisotopic (exact) mass is 635 g/mol. The summed E-state index contributed by atoms with van der Waals surface area (Å²) < 4.78 is 0. The first-order chi connectivity index (χ1) is 0. The van der Waals surface area contributed by atoms with Gasteiger partial charge in [-0.2, -0.15) is 0 Å². The van der Waals surface area contributed by atoms with Crippen LogP contribution in [-0.4, -0.2) is 0 Å². The summed E-state index contributed by atoms with van der Waals surface area (Å²) in [5.41, 5.74) is 0. The quantitative estimate of drug-likeness (QED) is 0.283. The molecule has 0 aromatic carbocycles. The van der Waals surface area contributed by atoms with Crippen molar-refractivity contribution in [1.29, 1.82) is 0 Å². The molecule has 0 rings (SSSR count). The molecule has 0 N–H and O–H groups in total. The van der Waals surface area contributed by atoms with Crippen molar-refractivity contribution in [2.45, 2.75) is 0 Å². The van der Waals surface area contributed by atoms with Crippen LogP contribution in [0.1, 0.15) is 0 Å². The van der Waals surface area contributed by atoms with Gasteiger partial charge in [0.25, 0.3) is 0 Å². The predicted octanol–water partition coefficient (Wildman–Crippen LogP) is -1.21. The van der Waals surface area contributed by atoms with Crippen LogP contribution in [0.15, 0.2) is 0 Å². The van der Waals surface area contributed by atoms with E-state index in [-0.39, 0.29) is 191 Å². The number of rotatable bonds is 0. The van der Waals surface area contributed by atoms with E-state index in [0.717, 1.165) is 0 Å². The van der Waals surface area contributed by atoms with Gasteiger partial charge in [0.15, 0.2) is 0 Å². The van der Waals surface area contributed by atoms with E-state index in [9.17, 15) is 0 Å². The number of hydrogen-bond donors (Lipinski definition) is 0. The Hall–Kier alpha value is 3.76. The van der Waals surface area contributed by atoms with Crippen molar-refractivity contribution in [2.75, 3.05) is 0 Å². The Morgan fingerprint density at radius 3 is 0.167 bits per heavy atom. The Bertz CT molecular complexity index is 25.8. The molecule has 18 heteroatoms. The molecule has 0 aromatic rings. The zero-order valence-corrected chi connectivity index (χ0v) is 14.9. The topological polar surface area (TPSA) is 285 Å². The van der Waals surface area contributed by atoms with E-state index in [1.54, 1.807) is 0 Å². The second-order valence-electron chi connectivity index (χ2n) is 0. The maximum absolute atomic E-state index is 0. The van der Waals surface area contributed by atoms with E-state index in [1.165, 1.54) is 0 Å². The van der Waals surface area contributed by atoms with Gasteiger partial charge in [0, 0.05) is 0 Å². The van der Waals surface area contributed by atoms with Gasteiger partial charge in [-0.25, -0.2) is 0 Å². The third kappa shape index (κ3) is 493. The molecule has 0 aliphatic carbocycles. The summed E-state index contributed by atoms with van der Waals surface area (Å²) in [5, 5.41) is 0. The standard InChI is InChI=1S/4Cu.4Fe.10O/q4*+2;4*+3;10*-2. The average Bonchev–Trinajstić information content (AvgIpc) is 0. The molecule has 8 radical (unpaired) electrons. The molecular formula is Cu4Fe4O10. The Kier molecular flexibility index (Phi) is 21200. The van der Waals surface area contributed by atoms with Gasteiger partial charge in [0.2, 0.25) is 0 Å². The van der Waals surface area contributed by atoms with Crippen molar-refractivity contribution < 1.29 is 191 Å². The summed E-state index contributed by atoms with van der Waals surface area (Å²) in [6, 6.07) is 0. The summed E-state index contributed by atoms with van der Waals surface area (Å²) in [4.78, 5) is 0. The van der Waals surface area contributed by atoms with Gasteiger partial charge in [0.05, 0.1) is 0 Å². The summed E-state index contributed by atoms with van der Waals surface area (Å²) >= 11 is 0. The van der Waals surface area contributed by atoms with E-state index in [0.29, 0.717) is 0 Å². The van der Waals surface area contributed by atoms with Crippen LogP contribution >= 0.6 is 0 Å². The zero-order valence-electron chi connectivity index (χ0n) is 6.70. The van der Waals surface area contributed by atoms with Crippen LogP contribution in [-0.2, 0) is 191 Å². The fourth-order valence-corrected chi connectivity index (χ4v) is 0. The molecule has 0 bridgehead atoms. The normalized spacial score (nSPS) is 0. The Balaban J connectivity index is 0. The second kappa shape index (κ2) is 574. The molecule has 18 heavy (non-hydrogen) atoms. The maximum atomic E-state index is 0. The summed E-state index contributed by atoms with van der Waals surface area (Å²) in [6.45, 7) is 0. The van der Waals surface area contributed by atoms with Crippen molar-refractivity contribution in [1.82, 2.24) is 0 Å². The Labute approximate surface area is 189 Å². The van der Waals surface area contributed by atoms with E-state index >= 15 is 0 Å². The van der Waals surface area contributed by atoms with Gasteiger partial charge >= 0.3 is 137 Å². The fourth-order valence-electron chi connectivity index (χ4n) is 0. The maximum Gasteiger partial charge on any atom is 3.00 e. The summed E-state index contributed by atoms with van der Waals surface area (Å²) in [6.07, 6.45) is 0. The average molecular weight is 638 g/mol. The molecule has 136 valence electrons. The molecule has 0 amide bonds. The predicted molar refractivity (Wildman–Crippen MR) is 6.86 cm³/mol. The minimum atomic E-state index is 0. The fraction of sp³-hybridized carbons (Fsp3) is 0. The van der Waals surface area contributed by atoms with Gasteiger partial charge < -0.3 is 54.8 Å². The van der Waals surface area contributed by atoms with Gasteiger partial charge in [-0.3, -0.25) is 0 Å². The number of hydrogen-bond acceptors (Lipinski definition) is 0. The molecule has 0 spiro atoms. The van der Waals surface area contributed by atoms with Gasteiger partial charge in [0.1, 0.15) is 0 Å². The van der Waals surface area contributed by atoms with Crippen LogP contribution in [0, 0.1) is 0 Å². The molecule has 0 aromatic heterocycles. The smallest absolute Gasteiger partial charge is 2.00 e. The van der Waals surface area contributed by atoms with Crippen molar-refractivity contribution in [3.8, 4) is 0 Å². The zero-order chi connectivity index (χ0) is 0. The second-order valence-corrected chi connectivity index (χ2v) is 0. The van der Waals surface area contributed by atoms with Crippen LogP contribution in [0.4, 0.5) is 0 Å². The molecule has 0 saturated heterocycles. The van der Waals surface area contributed by atoms with Crippen LogP contribution in [0.2, 0.25) is 0 Å². The third-order valence-corrected chi connectivity index (χ3v) is 0. The van der Waals surface area contributed by atoms with Gasteiger partial charge in [-0.05, 0) is 0 Å². The molecule has 0 fully saturated rings. The molecule has 0 saturated carbocycles. The van der Waals surface area contributed by atoms with Crippen molar-refractivity contribution in [3.05, 3.63) is 0 Å². The minimum Gasteiger partial charge on any atom is -2.00 e. The molecule has 0 atom stereocenters. The van der Waals surface area contributed by atoms with Gasteiger partial charge in [-0.1, -0.05) is 0 Å². The molecule has 0 aliphatic heterocycles. The van der Waals surface area contributed by atoms with E-state index in [4.69, 9.17) is 0 Å². The van der Waals surface area contributed by atoms with Crippen molar-refractivity contribution in [2.24, 2.45) is 0 Å². The van der Waals surface area contributed by atoms with Crippen LogP contribution in [0.25, 0.3) is 0 Å². The van der Waals surface area contributed by atoms with Crippen molar-refractivity contribution >= 4 is 0 Å². The van der Waals surface area contributed by atoms with Gasteiger partial charge in [-0.15, -0.1) is 0 Å². The SMILES string of the molecule is [Cu+2].[Cu+2].[Cu+2].[Cu+2].[Fe+3].[Fe+3].[Fe+3].[Fe+3].[O-2].[O-2].[O-2].[O-2].[O-2].[O-2].[O-2].[O-2].[O-2].[O-2]. The van der Waals surface area contributed by atoms with E-state index in [1.807, 2.05) is 0 Å². The molecular weight excluding hydrogens is 638 g/mol. The minimum absolute atomic E-state index is 0. The van der Waals surface area contributed by atoms with Crippen molar-refractivity contribution in [3.63, 3.8) is 0 Å². The molecule has 10 nitrogen and oxygen atoms in total. The summed E-state index contributed by atoms with van der Waals surface area (Å²) in [5.74, 6) is 0. The largest absolute Gasteiger partial charge is 3.00 e. The third-order valence-electron chi connectivity index (χ3n) is 0.